The molecule has 1 aliphatic heterocycles. The van der Waals surface area contributed by atoms with Crippen molar-refractivity contribution in [3.63, 3.8) is 0 Å². The highest BCUT2D eigenvalue weighted by Gasteiger charge is 2.16. The maximum absolute atomic E-state index is 15.3. The van der Waals surface area contributed by atoms with Crippen LogP contribution in [0.3, 0.4) is 0 Å². The number of aromatic nitrogens is 3. The van der Waals surface area contributed by atoms with Crippen molar-refractivity contribution < 1.29 is 23.3 Å². The van der Waals surface area contributed by atoms with Crippen molar-refractivity contribution in [2.24, 2.45) is 0 Å². The first-order chi connectivity index (χ1) is 21.6. The van der Waals surface area contributed by atoms with Crippen LogP contribution in [-0.2, 0) is 4.74 Å². The van der Waals surface area contributed by atoms with E-state index in [-0.39, 0.29) is 17.3 Å². The fourth-order valence-electron chi connectivity index (χ4n) is 4.98. The quantitative estimate of drug-likeness (QED) is 0.183. The Morgan fingerprint density at radius 1 is 0.977 bits per heavy atom. The van der Waals surface area contributed by atoms with E-state index in [0.29, 0.717) is 40.3 Å². The van der Waals surface area contributed by atoms with Crippen LogP contribution in [0.25, 0.3) is 22.0 Å². The number of aromatic amines is 1. The van der Waals surface area contributed by atoms with Gasteiger partial charge in [-0.3, -0.25) is 19.7 Å². The van der Waals surface area contributed by atoms with E-state index in [1.54, 1.807) is 37.6 Å². The lowest BCUT2D eigenvalue weighted by atomic mass is 10.1. The van der Waals surface area contributed by atoms with E-state index in [1.807, 2.05) is 30.3 Å². The van der Waals surface area contributed by atoms with Crippen molar-refractivity contribution >= 4 is 22.5 Å². The number of rotatable bonds is 11. The van der Waals surface area contributed by atoms with Crippen LogP contribution in [-0.4, -0.2) is 66.4 Å². The van der Waals surface area contributed by atoms with Gasteiger partial charge in [0.25, 0.3) is 5.56 Å². The van der Waals surface area contributed by atoms with Crippen LogP contribution in [0, 0.1) is 5.82 Å². The second-order valence-corrected chi connectivity index (χ2v) is 10.2. The largest absolute Gasteiger partial charge is 0.493 e. The Kier molecular flexibility index (Phi) is 8.95. The maximum Gasteiger partial charge on any atom is 0.260 e. The van der Waals surface area contributed by atoms with Gasteiger partial charge in [0, 0.05) is 49.2 Å². The maximum atomic E-state index is 15.3. The van der Waals surface area contributed by atoms with Gasteiger partial charge in [0.15, 0.2) is 23.1 Å². The highest BCUT2D eigenvalue weighted by Crippen LogP contribution is 2.38. The van der Waals surface area contributed by atoms with Crippen molar-refractivity contribution in [1.29, 1.82) is 0 Å². The Labute approximate surface area is 253 Å². The summed E-state index contributed by atoms with van der Waals surface area (Å²) in [6.45, 7) is 4.86. The van der Waals surface area contributed by atoms with Gasteiger partial charge in [0.2, 0.25) is 5.95 Å². The molecule has 0 atom stereocenters. The van der Waals surface area contributed by atoms with E-state index < -0.39 is 11.4 Å². The Balaban J connectivity index is 1.16. The minimum absolute atomic E-state index is 0.00425. The Bertz CT molecular complexity index is 1790. The topological polar surface area (TPSA) is 111 Å². The highest BCUT2D eigenvalue weighted by molar-refractivity contribution is 5.88. The lowest BCUT2D eigenvalue weighted by Gasteiger charge is -2.26. The van der Waals surface area contributed by atoms with Gasteiger partial charge in [-0.05, 0) is 48.4 Å². The molecule has 0 aliphatic carbocycles. The Hall–Kier alpha value is -5.00. The van der Waals surface area contributed by atoms with E-state index in [4.69, 9.17) is 18.9 Å². The average molecular weight is 598 g/mol. The summed E-state index contributed by atoms with van der Waals surface area (Å²) in [6.07, 6.45) is 3.86. The van der Waals surface area contributed by atoms with E-state index in [0.717, 1.165) is 45.0 Å². The SMILES string of the molecule is COc1cc2c(Oc3ccc(-c4cnc(Nc5ccccc5)[nH]c4=O)cc3F)ccnc2cc1OCCCN1CCOCC1. The number of H-pyrrole nitrogens is 1. The first-order valence-corrected chi connectivity index (χ1v) is 14.4. The van der Waals surface area contributed by atoms with Crippen molar-refractivity contribution in [3.05, 3.63) is 95.3 Å². The van der Waals surface area contributed by atoms with Crippen molar-refractivity contribution in [3.8, 4) is 34.1 Å². The molecule has 0 bridgehead atoms. The molecule has 11 heteroatoms. The monoisotopic (exact) mass is 597 g/mol. The zero-order chi connectivity index (χ0) is 30.3. The molecule has 6 rings (SSSR count). The standard InChI is InChI=1S/C33H32FN5O5/c1-41-30-19-24-27(20-31(30)43-15-5-12-39-13-16-42-17-14-39)35-11-10-28(24)44-29-9-8-22(18-26(29)34)25-21-36-33(38-32(25)40)37-23-6-3-2-4-7-23/h2-4,6-11,18-21H,5,12-17H2,1H3,(H2,36,37,38,40). The van der Waals surface area contributed by atoms with Gasteiger partial charge < -0.3 is 24.3 Å². The van der Waals surface area contributed by atoms with Crippen LogP contribution in [0.1, 0.15) is 6.42 Å². The molecule has 2 N–H and O–H groups in total. The summed E-state index contributed by atoms with van der Waals surface area (Å²) in [5.74, 6) is 1.14. The molecule has 0 amide bonds. The number of para-hydroxylation sites is 1. The second kappa shape index (κ2) is 13.5. The third-order valence-corrected chi connectivity index (χ3v) is 7.27. The first kappa shape index (κ1) is 29.1. The molecule has 0 spiro atoms. The molecule has 0 saturated carbocycles. The van der Waals surface area contributed by atoms with Crippen molar-refractivity contribution in [2.75, 3.05) is 51.9 Å². The summed E-state index contributed by atoms with van der Waals surface area (Å²) < 4.78 is 38.3. The predicted octanol–water partition coefficient (Wildman–Crippen LogP) is 5.77. The molecule has 226 valence electrons. The van der Waals surface area contributed by atoms with Gasteiger partial charge in [-0.15, -0.1) is 0 Å². The zero-order valence-corrected chi connectivity index (χ0v) is 24.2. The summed E-state index contributed by atoms with van der Waals surface area (Å²) in [6, 6.07) is 18.9. The normalized spacial score (nSPS) is 13.5. The number of methoxy groups -OCH3 is 1. The number of hydrogen-bond acceptors (Lipinski definition) is 9. The number of halogens is 1. The molecule has 3 heterocycles. The number of benzene rings is 3. The fourth-order valence-corrected chi connectivity index (χ4v) is 4.98. The first-order valence-electron chi connectivity index (χ1n) is 14.4. The summed E-state index contributed by atoms with van der Waals surface area (Å²) in [5, 5.41) is 3.67. The third kappa shape index (κ3) is 6.80. The van der Waals surface area contributed by atoms with Gasteiger partial charge in [-0.2, -0.15) is 0 Å². The Morgan fingerprint density at radius 3 is 2.59 bits per heavy atom. The van der Waals surface area contributed by atoms with Crippen molar-refractivity contribution in [2.45, 2.75) is 6.42 Å². The minimum Gasteiger partial charge on any atom is -0.493 e. The number of hydrogen-bond donors (Lipinski definition) is 2. The van der Waals surface area contributed by atoms with Gasteiger partial charge >= 0.3 is 0 Å². The molecule has 44 heavy (non-hydrogen) atoms. The molecular formula is C33H32FN5O5. The third-order valence-electron chi connectivity index (χ3n) is 7.27. The van der Waals surface area contributed by atoms with Gasteiger partial charge in [0.05, 0.1) is 38.0 Å². The molecule has 1 aliphatic rings. The minimum atomic E-state index is -0.634. The van der Waals surface area contributed by atoms with Gasteiger partial charge in [0.1, 0.15) is 5.75 Å². The van der Waals surface area contributed by atoms with Crippen LogP contribution < -0.4 is 25.1 Å². The number of anilines is 2. The summed E-state index contributed by atoms with van der Waals surface area (Å²) in [4.78, 5) is 26.6. The summed E-state index contributed by atoms with van der Waals surface area (Å²) in [7, 11) is 1.57. The van der Waals surface area contributed by atoms with E-state index >= 15 is 4.39 Å². The molecule has 5 aromatic rings. The smallest absolute Gasteiger partial charge is 0.260 e. The van der Waals surface area contributed by atoms with E-state index in [1.165, 1.54) is 18.3 Å². The fraction of sp³-hybridized carbons (Fsp3) is 0.242. The average Bonchev–Trinajstić information content (AvgIpc) is 3.05. The van der Waals surface area contributed by atoms with Gasteiger partial charge in [-0.1, -0.05) is 24.3 Å². The van der Waals surface area contributed by atoms with Crippen LogP contribution in [0.5, 0.6) is 23.0 Å². The predicted molar refractivity (Wildman–Crippen MR) is 166 cm³/mol. The zero-order valence-electron chi connectivity index (χ0n) is 24.2. The van der Waals surface area contributed by atoms with Crippen molar-refractivity contribution in [1.82, 2.24) is 19.9 Å². The van der Waals surface area contributed by atoms with Crippen LogP contribution in [0.2, 0.25) is 0 Å². The molecule has 0 unspecified atom stereocenters. The lowest BCUT2D eigenvalue weighted by molar-refractivity contribution is 0.0357. The van der Waals surface area contributed by atoms with Crippen LogP contribution in [0.4, 0.5) is 16.0 Å². The highest BCUT2D eigenvalue weighted by atomic mass is 19.1. The molecule has 10 nitrogen and oxygen atoms in total. The molecule has 1 fully saturated rings. The molecular weight excluding hydrogens is 565 g/mol. The summed E-state index contributed by atoms with van der Waals surface area (Å²) in [5.41, 5.74) is 1.58. The number of morpholine rings is 1. The molecule has 1 saturated heterocycles. The van der Waals surface area contributed by atoms with E-state index in [2.05, 4.69) is 25.2 Å². The number of ether oxygens (including phenoxy) is 4. The van der Waals surface area contributed by atoms with E-state index in [9.17, 15) is 4.79 Å². The number of nitrogens with one attached hydrogen (secondary N) is 2. The number of nitrogens with zero attached hydrogens (tertiary/aromatic N) is 3. The summed E-state index contributed by atoms with van der Waals surface area (Å²) >= 11 is 0. The number of fused-ring (bicyclic) bond motifs is 1. The molecule has 3 aromatic carbocycles. The second-order valence-electron chi connectivity index (χ2n) is 10.2. The molecule has 2 aromatic heterocycles. The number of pyridine rings is 1. The van der Waals surface area contributed by atoms with Crippen LogP contribution in [0.15, 0.2) is 83.9 Å². The van der Waals surface area contributed by atoms with Gasteiger partial charge in [-0.25, -0.2) is 9.37 Å². The molecule has 0 radical (unpaired) electrons. The lowest BCUT2D eigenvalue weighted by Crippen LogP contribution is -2.37. The van der Waals surface area contributed by atoms with Crippen LogP contribution >= 0.6 is 0 Å². The Morgan fingerprint density at radius 2 is 1.82 bits per heavy atom.